The first-order chi connectivity index (χ1) is 7.54. The molecule has 1 heterocycles. The van der Waals surface area contributed by atoms with Gasteiger partial charge in [-0.1, -0.05) is 18.5 Å². The molecule has 0 aliphatic rings. The molecule has 0 aliphatic heterocycles. The number of hydrogen-bond acceptors (Lipinski definition) is 5. The highest BCUT2D eigenvalue weighted by atomic mass is 35.5. The number of anilines is 2. The van der Waals surface area contributed by atoms with Gasteiger partial charge in [-0.3, -0.25) is 0 Å². The minimum absolute atomic E-state index is 0.213. The number of rotatable bonds is 5. The molecular weight excluding hydrogens is 244 g/mol. The molecule has 1 aromatic rings. The van der Waals surface area contributed by atoms with Gasteiger partial charge in [-0.25, -0.2) is 4.98 Å². The fourth-order valence-electron chi connectivity index (χ4n) is 1.23. The van der Waals surface area contributed by atoms with Crippen LogP contribution in [0.25, 0.3) is 0 Å². The van der Waals surface area contributed by atoms with Crippen LogP contribution >= 0.6 is 23.4 Å². The maximum absolute atomic E-state index is 5.84. The molecule has 0 amide bonds. The van der Waals surface area contributed by atoms with Crippen molar-refractivity contribution in [1.29, 1.82) is 0 Å². The van der Waals surface area contributed by atoms with Crippen LogP contribution in [0.2, 0.25) is 5.15 Å². The highest BCUT2D eigenvalue weighted by Gasteiger charge is 2.12. The van der Waals surface area contributed by atoms with E-state index in [0.717, 1.165) is 17.3 Å². The smallest absolute Gasteiger partial charge is 0.223 e. The summed E-state index contributed by atoms with van der Waals surface area (Å²) in [5.41, 5.74) is 5.56. The fraction of sp³-hybridized carbons (Fsp3) is 0.600. The minimum atomic E-state index is 0.213. The van der Waals surface area contributed by atoms with Gasteiger partial charge in [0, 0.05) is 24.9 Å². The lowest BCUT2D eigenvalue weighted by Crippen LogP contribution is -2.31. The van der Waals surface area contributed by atoms with Crippen molar-refractivity contribution in [2.75, 3.05) is 29.2 Å². The van der Waals surface area contributed by atoms with Gasteiger partial charge in [0.2, 0.25) is 5.95 Å². The summed E-state index contributed by atoms with van der Waals surface area (Å²) in [5.74, 6) is 3.14. The molecule has 1 rings (SSSR count). The van der Waals surface area contributed by atoms with E-state index in [2.05, 4.69) is 28.7 Å². The average molecular weight is 261 g/mol. The number of halogens is 1. The predicted octanol–water partition coefficient (Wildman–Crippen LogP) is 2.29. The molecule has 2 N–H and O–H groups in total. The molecule has 0 aliphatic carbocycles. The second-order valence-corrected chi connectivity index (χ2v) is 5.23. The molecule has 0 radical (unpaired) electrons. The van der Waals surface area contributed by atoms with Gasteiger partial charge in [0.1, 0.15) is 11.0 Å². The molecule has 1 aromatic heterocycles. The van der Waals surface area contributed by atoms with Gasteiger partial charge in [0.25, 0.3) is 0 Å². The van der Waals surface area contributed by atoms with Gasteiger partial charge in [-0.15, -0.1) is 0 Å². The molecule has 0 aromatic carbocycles. The quantitative estimate of drug-likeness (QED) is 0.824. The summed E-state index contributed by atoms with van der Waals surface area (Å²) in [6, 6.07) is 2.11. The van der Waals surface area contributed by atoms with Crippen molar-refractivity contribution in [2.45, 2.75) is 19.9 Å². The Labute approximate surface area is 106 Å². The Morgan fingerprint density at radius 3 is 2.81 bits per heavy atom. The summed E-state index contributed by atoms with van der Waals surface area (Å²) >= 11 is 7.74. The lowest BCUT2D eigenvalue weighted by Gasteiger charge is -2.25. The first kappa shape index (κ1) is 13.4. The fourth-order valence-corrected chi connectivity index (χ4v) is 2.21. The molecule has 0 fully saturated rings. The van der Waals surface area contributed by atoms with Crippen LogP contribution in [-0.2, 0) is 0 Å². The van der Waals surface area contributed by atoms with Gasteiger partial charge in [-0.05, 0) is 12.7 Å². The van der Waals surface area contributed by atoms with Gasteiger partial charge in [-0.2, -0.15) is 16.7 Å². The average Bonchev–Trinajstić information content (AvgIpc) is 2.23. The number of nitrogen functional groups attached to an aromatic ring is 1. The number of nitrogens with zero attached hydrogens (tertiary/aromatic N) is 3. The number of aromatic nitrogens is 2. The third-order valence-electron chi connectivity index (χ3n) is 2.28. The zero-order valence-corrected chi connectivity index (χ0v) is 11.3. The molecule has 0 spiro atoms. The van der Waals surface area contributed by atoms with Crippen molar-refractivity contribution in [2.24, 2.45) is 0 Å². The monoisotopic (exact) mass is 260 g/mol. The minimum Gasteiger partial charge on any atom is -0.368 e. The van der Waals surface area contributed by atoms with Crippen molar-refractivity contribution in [3.63, 3.8) is 0 Å². The normalized spacial score (nSPS) is 12.5. The molecule has 4 nitrogen and oxygen atoms in total. The Hall–Kier alpha value is -0.680. The van der Waals surface area contributed by atoms with Crippen LogP contribution in [0.4, 0.5) is 11.8 Å². The summed E-state index contributed by atoms with van der Waals surface area (Å²) in [6.07, 6.45) is 0. The van der Waals surface area contributed by atoms with E-state index in [1.807, 2.05) is 18.8 Å². The number of nitrogens with two attached hydrogens (primary N) is 1. The zero-order valence-electron chi connectivity index (χ0n) is 9.77. The highest BCUT2D eigenvalue weighted by Crippen LogP contribution is 2.19. The first-order valence-corrected chi connectivity index (χ1v) is 6.68. The molecule has 0 unspecified atom stereocenters. The summed E-state index contributed by atoms with van der Waals surface area (Å²) < 4.78 is 0. The Morgan fingerprint density at radius 1 is 1.56 bits per heavy atom. The molecule has 1 atom stereocenters. The molecule has 6 heteroatoms. The topological polar surface area (TPSA) is 55.0 Å². The third kappa shape index (κ3) is 3.72. The van der Waals surface area contributed by atoms with E-state index in [1.54, 1.807) is 6.07 Å². The van der Waals surface area contributed by atoms with E-state index in [4.69, 9.17) is 17.3 Å². The summed E-state index contributed by atoms with van der Waals surface area (Å²) in [7, 11) is 1.99. The van der Waals surface area contributed by atoms with E-state index in [-0.39, 0.29) is 5.95 Å². The van der Waals surface area contributed by atoms with Gasteiger partial charge in [0.15, 0.2) is 0 Å². The van der Waals surface area contributed by atoms with Crippen molar-refractivity contribution >= 4 is 35.1 Å². The summed E-state index contributed by atoms with van der Waals surface area (Å²) in [5, 5.41) is 0.379. The Balaban J connectivity index is 2.74. The lowest BCUT2D eigenvalue weighted by molar-refractivity contribution is 0.752. The lowest BCUT2D eigenvalue weighted by atomic mass is 10.3. The van der Waals surface area contributed by atoms with E-state index < -0.39 is 0 Å². The van der Waals surface area contributed by atoms with Crippen molar-refractivity contribution < 1.29 is 0 Å². The SMILES string of the molecule is CCSC[C@@H](C)N(C)c1cc(Cl)nc(N)n1. The standard InChI is InChI=1S/C10H17ClN4S/c1-4-16-6-7(2)15(3)9-5-8(11)13-10(12)14-9/h5,7H,4,6H2,1-3H3,(H2,12,13,14)/t7-/m1/s1. The summed E-state index contributed by atoms with van der Waals surface area (Å²) in [6.45, 7) is 4.30. The van der Waals surface area contributed by atoms with Crippen LogP contribution in [-0.4, -0.2) is 34.6 Å². The van der Waals surface area contributed by atoms with E-state index >= 15 is 0 Å². The number of thioether (sulfide) groups is 1. The molecule has 0 saturated heterocycles. The Morgan fingerprint density at radius 2 is 2.25 bits per heavy atom. The molecule has 0 saturated carbocycles. The second kappa shape index (κ2) is 6.15. The van der Waals surface area contributed by atoms with Crippen molar-refractivity contribution in [3.05, 3.63) is 11.2 Å². The maximum atomic E-state index is 5.84. The van der Waals surface area contributed by atoms with Gasteiger partial charge >= 0.3 is 0 Å². The molecule has 16 heavy (non-hydrogen) atoms. The largest absolute Gasteiger partial charge is 0.368 e. The predicted molar refractivity (Wildman–Crippen MR) is 72.3 cm³/mol. The van der Waals surface area contributed by atoms with Crippen molar-refractivity contribution in [3.8, 4) is 0 Å². The second-order valence-electron chi connectivity index (χ2n) is 3.53. The number of hydrogen-bond donors (Lipinski definition) is 1. The van der Waals surface area contributed by atoms with Crippen LogP contribution in [0.15, 0.2) is 6.07 Å². The third-order valence-corrected chi connectivity index (χ3v) is 3.60. The Bertz CT molecular complexity index is 327. The van der Waals surface area contributed by atoms with Crippen LogP contribution in [0.3, 0.4) is 0 Å². The maximum Gasteiger partial charge on any atom is 0.223 e. The van der Waals surface area contributed by atoms with Crippen molar-refractivity contribution in [1.82, 2.24) is 9.97 Å². The van der Waals surface area contributed by atoms with Gasteiger partial charge in [0.05, 0.1) is 0 Å². The Kier molecular flexibility index (Phi) is 5.15. The first-order valence-electron chi connectivity index (χ1n) is 5.15. The molecule has 90 valence electrons. The van der Waals surface area contributed by atoms with Crippen LogP contribution in [0.5, 0.6) is 0 Å². The van der Waals surface area contributed by atoms with E-state index in [1.165, 1.54) is 0 Å². The van der Waals surface area contributed by atoms with Crippen LogP contribution in [0, 0.1) is 0 Å². The molecular formula is C10H17ClN4S. The van der Waals surface area contributed by atoms with E-state index in [9.17, 15) is 0 Å². The van der Waals surface area contributed by atoms with E-state index in [0.29, 0.717) is 11.2 Å². The zero-order chi connectivity index (χ0) is 12.1. The van der Waals surface area contributed by atoms with Gasteiger partial charge < -0.3 is 10.6 Å². The summed E-state index contributed by atoms with van der Waals surface area (Å²) in [4.78, 5) is 10.1. The van der Waals surface area contributed by atoms with Crippen LogP contribution in [0.1, 0.15) is 13.8 Å². The molecule has 0 bridgehead atoms. The highest BCUT2D eigenvalue weighted by molar-refractivity contribution is 7.99. The van der Waals surface area contributed by atoms with Crippen LogP contribution < -0.4 is 10.6 Å².